The Morgan fingerprint density at radius 2 is 0.730 bits per heavy atom. The van der Waals surface area contributed by atoms with Gasteiger partial charge in [0, 0.05) is 18.1 Å². The molecule has 0 spiro atoms. The van der Waals surface area contributed by atoms with Crippen molar-refractivity contribution in [2.24, 2.45) is 5.11 Å². The van der Waals surface area contributed by atoms with Gasteiger partial charge in [0.25, 0.3) is 0 Å². The number of benzene rings is 9. The normalized spacial score (nSPS) is 23.5. The van der Waals surface area contributed by atoms with Gasteiger partial charge in [-0.2, -0.15) is 0 Å². The Kier molecular flexibility index (Phi) is 30.1. The summed E-state index contributed by atoms with van der Waals surface area (Å²) in [5, 5.41) is 16.5. The summed E-state index contributed by atoms with van der Waals surface area (Å²) >= 11 is 0. The van der Waals surface area contributed by atoms with E-state index in [2.05, 4.69) is 10.0 Å². The maximum Gasteiger partial charge on any atom is 0.338 e. The van der Waals surface area contributed by atoms with E-state index in [-0.39, 0.29) is 68.5 Å². The summed E-state index contributed by atoms with van der Waals surface area (Å²) in [5.74, 6) is -4.50. The number of carbonyl (C=O) groups excluding carboxylic acids is 5. The van der Waals surface area contributed by atoms with E-state index in [1.165, 1.54) is 24.3 Å². The molecule has 0 saturated carbocycles. The zero-order valence-electron chi connectivity index (χ0n) is 60.8. The third-order valence-corrected chi connectivity index (χ3v) is 18.6. The third-order valence-electron chi connectivity index (χ3n) is 18.6. The molecule has 0 aliphatic carbocycles. The highest BCUT2D eigenvalue weighted by Crippen LogP contribution is 2.40. The predicted molar refractivity (Wildman–Crippen MR) is 401 cm³/mol. The van der Waals surface area contributed by atoms with E-state index >= 15 is 9.59 Å². The number of unbranched alkanes of at least 4 members (excludes halogenated alkanes) is 3. The number of esters is 5. The fraction of sp³-hybridized carbons (Fsp3) is 0.322. The highest BCUT2D eigenvalue weighted by atomic mass is 16.8. The number of carbonyl (C=O) groups is 5. The average Bonchev–Trinajstić information content (AvgIpc) is 0.756. The molecule has 12 rings (SSSR count). The van der Waals surface area contributed by atoms with E-state index in [0.717, 1.165) is 5.56 Å². The number of aliphatic hydroxyl groups is 1. The molecule has 15 atom stereocenters. The first-order valence-electron chi connectivity index (χ1n) is 36.9. The van der Waals surface area contributed by atoms with Crippen molar-refractivity contribution in [3.05, 3.63) is 334 Å². The summed E-state index contributed by atoms with van der Waals surface area (Å²) in [6, 6.07) is 77.9. The van der Waals surface area contributed by atoms with Crippen LogP contribution in [0.25, 0.3) is 10.4 Å². The molecule has 3 saturated heterocycles. The quantitative estimate of drug-likeness (QED) is 0.00945. The lowest BCUT2D eigenvalue weighted by molar-refractivity contribution is -0.382. The first kappa shape index (κ1) is 79.7. The molecule has 0 unspecified atom stereocenters. The van der Waals surface area contributed by atoms with Gasteiger partial charge in [-0.1, -0.05) is 242 Å². The zero-order valence-corrected chi connectivity index (χ0v) is 60.8. The predicted octanol–water partition coefficient (Wildman–Crippen LogP) is 13.4. The van der Waals surface area contributed by atoms with Crippen LogP contribution in [-0.2, 0) is 109 Å². The second-order valence-corrected chi connectivity index (χ2v) is 26.5. The average molecular weight is 1510 g/mol. The molecule has 111 heavy (non-hydrogen) atoms. The van der Waals surface area contributed by atoms with E-state index in [1.807, 2.05) is 72.8 Å². The van der Waals surface area contributed by atoms with Gasteiger partial charge in [-0.15, -0.1) is 0 Å². The summed E-state index contributed by atoms with van der Waals surface area (Å²) in [6.07, 6.45) is -23.1. The smallest absolute Gasteiger partial charge is 0.338 e. The molecule has 3 aliphatic heterocycles. The standard InChI is InChI=1S/C87H87N3O21/c88-90-89-50-30-1-2-31-51-98-85-78(107-82(94)66-46-26-10-27-47-66)73(100-54-61-36-16-5-17-37-61)71(69(105-85)57-97-52-59-32-12-3-13-33-59)109-87-79(108-83(95)67-48-28-11-29-49-67)75(74(101-55-62-38-18-6-19-39-62)76(111-87)84(96)102-56-63-40-20-7-21-41-63)110-86-77(106-81(93)65-44-24-9-25-45-65)72(99-53-60-34-14-4-15-35-60)70(91)68(104-86)58-103-80(92)64-42-22-8-23-43-64/h3-29,32-49,68-79,85-87,91H,1-2,30-31,50-58H2/t68-,69-,70-,71-,72+,73+,74+,75+,76+,77-,78-,79-,85-,86+,87-/m1/s1. The summed E-state index contributed by atoms with van der Waals surface area (Å²) < 4.78 is 102. The summed E-state index contributed by atoms with van der Waals surface area (Å²) in [5.41, 5.74) is 12.7. The molecule has 24 nitrogen and oxygen atoms in total. The Morgan fingerprint density at radius 3 is 1.21 bits per heavy atom. The molecule has 0 bridgehead atoms. The minimum absolute atomic E-state index is 0.0309. The van der Waals surface area contributed by atoms with Crippen molar-refractivity contribution in [3.63, 3.8) is 0 Å². The summed E-state index contributed by atoms with van der Waals surface area (Å²) in [6.45, 7) is -1.38. The number of nitrogens with zero attached hydrogens (tertiary/aromatic N) is 3. The molecule has 24 heteroatoms. The molecule has 9 aromatic rings. The van der Waals surface area contributed by atoms with E-state index in [0.29, 0.717) is 54.5 Å². The lowest BCUT2D eigenvalue weighted by Gasteiger charge is -2.50. The largest absolute Gasteiger partial charge is 0.459 e. The van der Waals surface area contributed by atoms with Gasteiger partial charge in [0.2, 0.25) is 0 Å². The Labute approximate surface area is 642 Å². The molecular formula is C87H87N3O21. The Morgan fingerprint density at radius 1 is 0.351 bits per heavy atom. The number of hydrogen-bond acceptors (Lipinski definition) is 22. The van der Waals surface area contributed by atoms with Gasteiger partial charge >= 0.3 is 29.8 Å². The molecule has 0 amide bonds. The maximum absolute atomic E-state index is 15.8. The first-order valence-corrected chi connectivity index (χ1v) is 36.9. The fourth-order valence-electron chi connectivity index (χ4n) is 12.9. The fourth-order valence-corrected chi connectivity index (χ4v) is 12.9. The molecule has 9 aromatic carbocycles. The summed E-state index contributed by atoms with van der Waals surface area (Å²) in [7, 11) is 0. The van der Waals surface area contributed by atoms with E-state index < -0.39 is 129 Å². The SMILES string of the molecule is [N-]=[N+]=NCCCCCCO[C@@H]1O[C@H](COCc2ccccc2)[C@@H](O[C@@H]2O[C@H](C(=O)OCc3ccccc3)[C@@H](OCc3ccccc3)[C@H](O[C@@H]3O[C@H](COC(=O)c4ccccc4)[C@@H](O)[C@H](OCc4ccccc4)[C@H]3OC(=O)c3ccccc3)[C@H]2OC(=O)c2ccccc2)[C@H](OCc2ccccc2)[C@H]1OC(=O)c1ccccc1. The van der Waals surface area contributed by atoms with Crippen LogP contribution < -0.4 is 0 Å². The van der Waals surface area contributed by atoms with Crippen molar-refractivity contribution in [1.29, 1.82) is 0 Å². The Balaban J connectivity index is 1.03. The van der Waals surface area contributed by atoms with Gasteiger partial charge in [0.15, 0.2) is 43.3 Å². The van der Waals surface area contributed by atoms with E-state index in [4.69, 9.17) is 76.6 Å². The molecule has 0 aromatic heterocycles. The highest BCUT2D eigenvalue weighted by Gasteiger charge is 2.60. The van der Waals surface area contributed by atoms with Crippen LogP contribution in [0.4, 0.5) is 0 Å². The van der Waals surface area contributed by atoms with Crippen LogP contribution in [0.3, 0.4) is 0 Å². The monoisotopic (exact) mass is 1510 g/mol. The topological polar surface area (TPSA) is 293 Å². The molecule has 0 radical (unpaired) electrons. The molecule has 3 heterocycles. The van der Waals surface area contributed by atoms with Crippen molar-refractivity contribution >= 4 is 29.8 Å². The van der Waals surface area contributed by atoms with Gasteiger partial charge in [0.1, 0.15) is 62.0 Å². The van der Waals surface area contributed by atoms with Crippen LogP contribution in [0.5, 0.6) is 0 Å². The van der Waals surface area contributed by atoms with Gasteiger partial charge < -0.3 is 76.2 Å². The molecular weight excluding hydrogens is 1420 g/mol. The van der Waals surface area contributed by atoms with Crippen LogP contribution >= 0.6 is 0 Å². The van der Waals surface area contributed by atoms with Crippen molar-refractivity contribution in [1.82, 2.24) is 0 Å². The van der Waals surface area contributed by atoms with Gasteiger partial charge in [-0.05, 0) is 94.7 Å². The number of aliphatic hydroxyl groups excluding tert-OH is 1. The zero-order chi connectivity index (χ0) is 76.8. The summed E-state index contributed by atoms with van der Waals surface area (Å²) in [4.78, 5) is 77.9. The van der Waals surface area contributed by atoms with Gasteiger partial charge in [-0.3, -0.25) is 0 Å². The second-order valence-electron chi connectivity index (χ2n) is 26.5. The van der Waals surface area contributed by atoms with Crippen LogP contribution in [0.2, 0.25) is 0 Å². The number of azide groups is 1. The van der Waals surface area contributed by atoms with E-state index in [1.54, 1.807) is 176 Å². The first-order chi connectivity index (χ1) is 54.5. The van der Waals surface area contributed by atoms with Crippen LogP contribution in [0.15, 0.2) is 278 Å². The lowest BCUT2D eigenvalue weighted by atomic mass is 9.94. The minimum Gasteiger partial charge on any atom is -0.459 e. The number of hydrogen-bond donors (Lipinski definition) is 1. The maximum atomic E-state index is 15.8. The van der Waals surface area contributed by atoms with Gasteiger partial charge in [-0.25, -0.2) is 24.0 Å². The second kappa shape index (κ2) is 41.8. The van der Waals surface area contributed by atoms with Crippen molar-refractivity contribution in [3.8, 4) is 0 Å². The minimum atomic E-state index is -2.05. The van der Waals surface area contributed by atoms with Crippen molar-refractivity contribution in [2.75, 3.05) is 26.4 Å². The third kappa shape index (κ3) is 22.9. The Bertz CT molecular complexity index is 4360. The van der Waals surface area contributed by atoms with E-state index in [9.17, 15) is 19.5 Å². The van der Waals surface area contributed by atoms with Gasteiger partial charge in [0.05, 0.1) is 55.3 Å². The Hall–Kier alpha value is -10.8. The highest BCUT2D eigenvalue weighted by molar-refractivity contribution is 5.91. The molecule has 1 N–H and O–H groups in total. The molecule has 3 fully saturated rings. The van der Waals surface area contributed by atoms with Crippen molar-refractivity contribution < 1.29 is 100 Å². The van der Waals surface area contributed by atoms with Crippen LogP contribution in [-0.4, -0.2) is 153 Å². The number of rotatable bonds is 37. The lowest BCUT2D eigenvalue weighted by Crippen LogP contribution is -2.69. The molecule has 3 aliphatic rings. The van der Waals surface area contributed by atoms with Crippen LogP contribution in [0.1, 0.15) is 94.9 Å². The number of ether oxygens (including phenoxy) is 15. The van der Waals surface area contributed by atoms with Crippen LogP contribution in [0, 0.1) is 0 Å². The van der Waals surface area contributed by atoms with Crippen molar-refractivity contribution in [2.45, 2.75) is 151 Å². The molecule has 576 valence electrons.